The van der Waals surface area contributed by atoms with Gasteiger partial charge in [-0.3, -0.25) is 14.4 Å². The molecule has 2 heterocycles. The Bertz CT molecular complexity index is 1040. The summed E-state index contributed by atoms with van der Waals surface area (Å²) >= 11 is 0. The van der Waals surface area contributed by atoms with Crippen LogP contribution in [0.5, 0.6) is 0 Å². The van der Waals surface area contributed by atoms with Gasteiger partial charge in [0.15, 0.2) is 0 Å². The van der Waals surface area contributed by atoms with Crippen LogP contribution < -0.4 is 4.90 Å². The number of Topliss-reactive ketones (excluding diaryl/α,β-unsaturated/α-hetero) is 1. The van der Waals surface area contributed by atoms with Crippen molar-refractivity contribution < 1.29 is 29.1 Å². The summed E-state index contributed by atoms with van der Waals surface area (Å²) in [6.07, 6.45) is -1.20. The Morgan fingerprint density at radius 2 is 1.57 bits per heavy atom. The van der Waals surface area contributed by atoms with E-state index in [1.54, 1.807) is 24.3 Å². The molecule has 28 heavy (non-hydrogen) atoms. The quantitative estimate of drug-likeness (QED) is 0.641. The molecule has 2 aromatic carbocycles. The number of aromatic carboxylic acids is 1. The van der Waals surface area contributed by atoms with Gasteiger partial charge < -0.3 is 9.94 Å². The van der Waals surface area contributed by atoms with E-state index in [-0.39, 0.29) is 17.0 Å². The van der Waals surface area contributed by atoms with Crippen molar-refractivity contribution in [2.24, 2.45) is 11.1 Å². The Hall–Kier alpha value is -3.81. The molecule has 2 amide bonds. The smallest absolute Gasteiger partial charge is 0.335 e. The van der Waals surface area contributed by atoms with Crippen LogP contribution in [0, 0.1) is 12.8 Å². The first kappa shape index (κ1) is 17.6. The summed E-state index contributed by atoms with van der Waals surface area (Å²) < 4.78 is 0. The molecule has 1 N–H and O–H groups in total. The van der Waals surface area contributed by atoms with E-state index in [0.717, 1.165) is 10.5 Å². The average Bonchev–Trinajstić information content (AvgIpc) is 3.22. The van der Waals surface area contributed by atoms with Crippen LogP contribution in [0.15, 0.2) is 53.7 Å². The maximum atomic E-state index is 12.9. The molecule has 4 rings (SSSR count). The van der Waals surface area contributed by atoms with Gasteiger partial charge in [0.2, 0.25) is 17.8 Å². The number of amides is 2. The number of hydrogen-bond acceptors (Lipinski definition) is 6. The van der Waals surface area contributed by atoms with Crippen molar-refractivity contribution in [3.8, 4) is 0 Å². The maximum Gasteiger partial charge on any atom is 0.335 e. The van der Waals surface area contributed by atoms with Crippen LogP contribution in [0.25, 0.3) is 0 Å². The van der Waals surface area contributed by atoms with Crippen LogP contribution in [0.3, 0.4) is 0 Å². The van der Waals surface area contributed by atoms with Crippen LogP contribution >= 0.6 is 0 Å². The lowest BCUT2D eigenvalue weighted by Crippen LogP contribution is -2.34. The Labute approximate surface area is 159 Å². The fourth-order valence-corrected chi connectivity index (χ4v) is 3.23. The van der Waals surface area contributed by atoms with Gasteiger partial charge in [-0.25, -0.2) is 9.69 Å². The van der Waals surface area contributed by atoms with Gasteiger partial charge in [0, 0.05) is 5.56 Å². The standard InChI is InChI=1S/C20H14N2O6/c1-10-2-4-11(5-3-10)16(23)15-14-17(28-21-15)19(25)22(18(14)24)13-8-6-12(7-9-13)20(26)27/h2-9,14,17H,1H3,(H,26,27)/t14-,17+/m0/s1. The molecule has 0 bridgehead atoms. The first-order chi connectivity index (χ1) is 13.4. The fourth-order valence-electron chi connectivity index (χ4n) is 3.23. The molecule has 0 saturated carbocycles. The molecule has 0 unspecified atom stereocenters. The van der Waals surface area contributed by atoms with Crippen molar-refractivity contribution in [3.63, 3.8) is 0 Å². The molecular formula is C20H14N2O6. The van der Waals surface area contributed by atoms with Gasteiger partial charge >= 0.3 is 5.97 Å². The first-order valence-corrected chi connectivity index (χ1v) is 8.44. The number of carboxylic acid groups (broad SMARTS) is 1. The van der Waals surface area contributed by atoms with Gasteiger partial charge in [0.05, 0.1) is 11.3 Å². The summed E-state index contributed by atoms with van der Waals surface area (Å²) in [6.45, 7) is 1.88. The number of fused-ring (bicyclic) bond motifs is 1. The molecule has 0 aliphatic carbocycles. The zero-order valence-electron chi connectivity index (χ0n) is 14.7. The number of carbonyl (C=O) groups excluding carboxylic acids is 3. The Morgan fingerprint density at radius 3 is 2.18 bits per heavy atom. The van der Waals surface area contributed by atoms with Crippen molar-refractivity contribution in [3.05, 3.63) is 65.2 Å². The number of imide groups is 1. The van der Waals surface area contributed by atoms with E-state index < -0.39 is 35.6 Å². The molecule has 2 aliphatic rings. The molecule has 1 fully saturated rings. The minimum absolute atomic E-state index is 0.0242. The van der Waals surface area contributed by atoms with Gasteiger partial charge in [-0.1, -0.05) is 35.0 Å². The Kier molecular flexibility index (Phi) is 4.03. The highest BCUT2D eigenvalue weighted by atomic mass is 16.7. The van der Waals surface area contributed by atoms with E-state index in [2.05, 4.69) is 5.16 Å². The third-order valence-electron chi connectivity index (χ3n) is 4.73. The molecule has 140 valence electrons. The molecule has 0 spiro atoms. The Balaban J connectivity index is 1.63. The van der Waals surface area contributed by atoms with Crippen LogP contribution in [-0.2, 0) is 14.4 Å². The van der Waals surface area contributed by atoms with E-state index in [0.29, 0.717) is 5.56 Å². The molecule has 0 aromatic heterocycles. The molecule has 8 heteroatoms. The fraction of sp³-hybridized carbons (Fsp3) is 0.150. The lowest BCUT2D eigenvalue weighted by Gasteiger charge is -2.15. The summed E-state index contributed by atoms with van der Waals surface area (Å²) in [5.41, 5.74) is 1.44. The van der Waals surface area contributed by atoms with Crippen molar-refractivity contribution in [2.75, 3.05) is 4.90 Å². The van der Waals surface area contributed by atoms with Crippen LogP contribution in [0.2, 0.25) is 0 Å². The molecule has 2 aliphatic heterocycles. The third kappa shape index (κ3) is 2.66. The summed E-state index contributed by atoms with van der Waals surface area (Å²) in [6, 6.07) is 12.1. The number of ketones is 1. The molecule has 8 nitrogen and oxygen atoms in total. The van der Waals surface area contributed by atoms with Crippen molar-refractivity contribution >= 4 is 35.0 Å². The number of carboxylic acids is 1. The number of nitrogens with zero attached hydrogens (tertiary/aromatic N) is 2. The predicted molar refractivity (Wildman–Crippen MR) is 97.2 cm³/mol. The van der Waals surface area contributed by atoms with Crippen molar-refractivity contribution in [1.82, 2.24) is 0 Å². The highest BCUT2D eigenvalue weighted by Crippen LogP contribution is 2.34. The SMILES string of the molecule is Cc1ccc(C(=O)C2=NO[C@H]3C(=O)N(c4ccc(C(=O)O)cc4)C(=O)[C@@H]23)cc1. The van der Waals surface area contributed by atoms with Gasteiger partial charge in [-0.05, 0) is 31.2 Å². The highest BCUT2D eigenvalue weighted by molar-refractivity contribution is 6.52. The summed E-state index contributed by atoms with van der Waals surface area (Å²) in [5, 5.41) is 12.7. The largest absolute Gasteiger partial charge is 0.478 e. The van der Waals surface area contributed by atoms with Gasteiger partial charge in [0.25, 0.3) is 5.91 Å². The Morgan fingerprint density at radius 1 is 0.964 bits per heavy atom. The lowest BCUT2D eigenvalue weighted by molar-refractivity contribution is -0.126. The van der Waals surface area contributed by atoms with Crippen LogP contribution in [0.4, 0.5) is 5.69 Å². The first-order valence-electron chi connectivity index (χ1n) is 8.44. The van der Waals surface area contributed by atoms with Gasteiger partial charge in [-0.15, -0.1) is 0 Å². The number of hydrogen-bond donors (Lipinski definition) is 1. The average molecular weight is 378 g/mol. The summed E-state index contributed by atoms with van der Waals surface area (Å²) in [4.78, 5) is 55.3. The molecular weight excluding hydrogens is 364 g/mol. The normalized spacial score (nSPS) is 20.6. The maximum absolute atomic E-state index is 12.9. The van der Waals surface area contributed by atoms with E-state index in [9.17, 15) is 19.2 Å². The van der Waals surface area contributed by atoms with Crippen LogP contribution in [0.1, 0.15) is 26.3 Å². The van der Waals surface area contributed by atoms with E-state index in [1.807, 2.05) is 6.92 Å². The monoisotopic (exact) mass is 378 g/mol. The van der Waals surface area contributed by atoms with E-state index >= 15 is 0 Å². The highest BCUT2D eigenvalue weighted by Gasteiger charge is 2.57. The number of aryl methyl sites for hydroxylation is 1. The number of rotatable bonds is 4. The zero-order chi connectivity index (χ0) is 20.0. The summed E-state index contributed by atoms with van der Waals surface area (Å²) in [5.74, 6) is -4.00. The minimum atomic E-state index is -1.20. The predicted octanol–water partition coefficient (Wildman–Crippen LogP) is 1.82. The van der Waals surface area contributed by atoms with Crippen LogP contribution in [-0.4, -0.2) is 40.5 Å². The lowest BCUT2D eigenvalue weighted by atomic mass is 9.93. The molecule has 2 aromatic rings. The number of carbonyl (C=O) groups is 4. The number of oxime groups is 1. The molecule has 2 atom stereocenters. The number of benzene rings is 2. The topological polar surface area (TPSA) is 113 Å². The molecule has 1 saturated heterocycles. The second kappa shape index (κ2) is 6.41. The second-order valence-electron chi connectivity index (χ2n) is 6.54. The van der Waals surface area contributed by atoms with Crippen molar-refractivity contribution in [1.29, 1.82) is 0 Å². The van der Waals surface area contributed by atoms with E-state index in [1.165, 1.54) is 24.3 Å². The third-order valence-corrected chi connectivity index (χ3v) is 4.73. The minimum Gasteiger partial charge on any atom is -0.478 e. The van der Waals surface area contributed by atoms with E-state index in [4.69, 9.17) is 9.94 Å². The van der Waals surface area contributed by atoms with Gasteiger partial charge in [0.1, 0.15) is 11.6 Å². The zero-order valence-corrected chi connectivity index (χ0v) is 14.7. The van der Waals surface area contributed by atoms with Gasteiger partial charge in [-0.2, -0.15) is 0 Å². The number of anilines is 1. The second-order valence-corrected chi connectivity index (χ2v) is 6.54. The van der Waals surface area contributed by atoms with Crippen molar-refractivity contribution in [2.45, 2.75) is 13.0 Å². The molecule has 0 radical (unpaired) electrons. The summed E-state index contributed by atoms with van der Waals surface area (Å²) in [7, 11) is 0.